The number of carbonyl (C=O) groups is 1. The van der Waals surface area contributed by atoms with Gasteiger partial charge in [0.2, 0.25) is 0 Å². The maximum atomic E-state index is 11.3. The monoisotopic (exact) mass is 298 g/mol. The zero-order chi connectivity index (χ0) is 15.4. The van der Waals surface area contributed by atoms with Gasteiger partial charge in [-0.2, -0.15) is 0 Å². The van der Waals surface area contributed by atoms with Crippen molar-refractivity contribution in [3.63, 3.8) is 0 Å². The van der Waals surface area contributed by atoms with E-state index in [0.717, 1.165) is 29.6 Å². The lowest BCUT2D eigenvalue weighted by Gasteiger charge is -2.56. The Morgan fingerprint density at radius 1 is 1.05 bits per heavy atom. The minimum Gasteiger partial charge on any atom is -0.298 e. The Hall–Kier alpha value is -0.850. The van der Waals surface area contributed by atoms with E-state index < -0.39 is 0 Å². The van der Waals surface area contributed by atoms with Gasteiger partial charge in [-0.15, -0.1) is 0 Å². The van der Waals surface area contributed by atoms with E-state index in [0.29, 0.717) is 5.41 Å². The summed E-state index contributed by atoms with van der Waals surface area (Å²) < 4.78 is 0. The minimum atomic E-state index is 0.186. The lowest BCUT2D eigenvalue weighted by molar-refractivity contribution is -0.104. The third kappa shape index (κ3) is 2.00. The molecule has 120 valence electrons. The van der Waals surface area contributed by atoms with Gasteiger partial charge >= 0.3 is 0 Å². The molecule has 0 radical (unpaired) electrons. The van der Waals surface area contributed by atoms with E-state index in [1.807, 2.05) is 0 Å². The van der Waals surface area contributed by atoms with Crippen molar-refractivity contribution >= 4 is 6.29 Å². The number of fused-ring (bicyclic) bond motifs is 5. The van der Waals surface area contributed by atoms with Gasteiger partial charge in [0.15, 0.2) is 0 Å². The Labute approximate surface area is 135 Å². The predicted molar refractivity (Wildman–Crippen MR) is 90.5 cm³/mol. The van der Waals surface area contributed by atoms with E-state index >= 15 is 0 Å². The van der Waals surface area contributed by atoms with Crippen molar-refractivity contribution in [3.05, 3.63) is 23.3 Å². The molecule has 0 bridgehead atoms. The maximum Gasteiger partial charge on any atom is 0.149 e. The highest BCUT2D eigenvalue weighted by Crippen LogP contribution is 2.63. The fourth-order valence-corrected chi connectivity index (χ4v) is 6.62. The zero-order valence-electron chi connectivity index (χ0n) is 14.2. The Morgan fingerprint density at radius 3 is 2.73 bits per heavy atom. The van der Waals surface area contributed by atoms with Crippen molar-refractivity contribution in [3.8, 4) is 0 Å². The maximum absolute atomic E-state index is 11.3. The van der Waals surface area contributed by atoms with E-state index in [1.165, 1.54) is 57.8 Å². The van der Waals surface area contributed by atoms with Crippen molar-refractivity contribution in [2.24, 2.45) is 28.6 Å². The summed E-state index contributed by atoms with van der Waals surface area (Å²) in [6, 6.07) is 0. The van der Waals surface area contributed by atoms with Gasteiger partial charge in [0.05, 0.1) is 0 Å². The first kappa shape index (κ1) is 14.7. The molecule has 0 aromatic heterocycles. The number of hydrogen-bond donors (Lipinski definition) is 0. The SMILES string of the molecule is CC12C=C(C=O)C=C1C1CCC3CCCCCC3(C)C1CC2. The molecule has 4 rings (SSSR count). The molecule has 0 aliphatic heterocycles. The summed E-state index contributed by atoms with van der Waals surface area (Å²) >= 11 is 0. The van der Waals surface area contributed by atoms with Crippen molar-refractivity contribution < 1.29 is 4.79 Å². The molecule has 0 amide bonds. The van der Waals surface area contributed by atoms with Gasteiger partial charge < -0.3 is 0 Å². The molecular weight excluding hydrogens is 268 g/mol. The average Bonchev–Trinajstić information content (AvgIpc) is 2.73. The molecule has 1 nitrogen and oxygen atoms in total. The third-order valence-corrected chi connectivity index (χ3v) is 7.84. The van der Waals surface area contributed by atoms with Crippen LogP contribution in [0.5, 0.6) is 0 Å². The van der Waals surface area contributed by atoms with Gasteiger partial charge in [0.25, 0.3) is 0 Å². The molecule has 0 saturated heterocycles. The molecule has 4 aliphatic carbocycles. The molecule has 0 N–H and O–H groups in total. The zero-order valence-corrected chi connectivity index (χ0v) is 14.2. The van der Waals surface area contributed by atoms with Crippen LogP contribution in [0.15, 0.2) is 23.3 Å². The van der Waals surface area contributed by atoms with Gasteiger partial charge in [-0.1, -0.05) is 50.8 Å². The van der Waals surface area contributed by atoms with Gasteiger partial charge in [-0.25, -0.2) is 0 Å². The Bertz CT molecular complexity index is 542. The summed E-state index contributed by atoms with van der Waals surface area (Å²) in [5.41, 5.74) is 3.29. The second kappa shape index (κ2) is 5.08. The van der Waals surface area contributed by atoms with E-state index in [-0.39, 0.29) is 5.41 Å². The van der Waals surface area contributed by atoms with Crippen LogP contribution >= 0.6 is 0 Å². The molecule has 0 aromatic carbocycles. The van der Waals surface area contributed by atoms with Crippen LogP contribution in [0.3, 0.4) is 0 Å². The largest absolute Gasteiger partial charge is 0.298 e. The molecule has 1 heteroatoms. The van der Waals surface area contributed by atoms with Crippen LogP contribution in [0.2, 0.25) is 0 Å². The predicted octanol–water partition coefficient (Wildman–Crippen LogP) is 5.46. The van der Waals surface area contributed by atoms with Gasteiger partial charge in [-0.05, 0) is 61.7 Å². The average molecular weight is 298 g/mol. The molecule has 5 atom stereocenters. The fraction of sp³-hybridized carbons (Fsp3) is 0.762. The Kier molecular flexibility index (Phi) is 3.40. The van der Waals surface area contributed by atoms with Crippen molar-refractivity contribution in [2.45, 2.75) is 71.6 Å². The van der Waals surface area contributed by atoms with Crippen LogP contribution in [0, 0.1) is 28.6 Å². The summed E-state index contributed by atoms with van der Waals surface area (Å²) in [7, 11) is 0. The van der Waals surface area contributed by atoms with Crippen LogP contribution in [-0.2, 0) is 4.79 Å². The van der Waals surface area contributed by atoms with Crippen molar-refractivity contribution in [2.75, 3.05) is 0 Å². The van der Waals surface area contributed by atoms with Crippen LogP contribution in [0.25, 0.3) is 0 Å². The van der Waals surface area contributed by atoms with Gasteiger partial charge in [0, 0.05) is 11.0 Å². The Balaban J connectivity index is 1.69. The van der Waals surface area contributed by atoms with Crippen molar-refractivity contribution in [1.29, 1.82) is 0 Å². The lowest BCUT2D eigenvalue weighted by atomic mass is 9.48. The topological polar surface area (TPSA) is 17.1 Å². The molecule has 4 aliphatic rings. The molecule has 0 heterocycles. The number of aldehydes is 1. The van der Waals surface area contributed by atoms with Gasteiger partial charge in [0.1, 0.15) is 6.29 Å². The summed E-state index contributed by atoms with van der Waals surface area (Å²) in [5, 5.41) is 0. The molecule has 3 fully saturated rings. The number of rotatable bonds is 1. The van der Waals surface area contributed by atoms with Crippen molar-refractivity contribution in [1.82, 2.24) is 0 Å². The molecule has 0 spiro atoms. The standard InChI is InChI=1S/C21H30O/c1-20-11-9-18-17(19(20)12-15(13-20)14-22)8-7-16-6-4-3-5-10-21(16,18)2/h12-14,16-18H,3-11H2,1-2H3. The van der Waals surface area contributed by atoms with Crippen LogP contribution in [0.4, 0.5) is 0 Å². The second-order valence-electron chi connectivity index (χ2n) is 8.91. The van der Waals surface area contributed by atoms with Crippen LogP contribution in [0.1, 0.15) is 71.6 Å². The summed E-state index contributed by atoms with van der Waals surface area (Å²) in [6.07, 6.45) is 18.2. The molecule has 5 unspecified atom stereocenters. The third-order valence-electron chi connectivity index (χ3n) is 7.84. The first-order valence-corrected chi connectivity index (χ1v) is 9.47. The second-order valence-corrected chi connectivity index (χ2v) is 8.91. The van der Waals surface area contributed by atoms with E-state index in [4.69, 9.17) is 0 Å². The van der Waals surface area contributed by atoms with E-state index in [9.17, 15) is 4.79 Å². The number of hydrogen-bond acceptors (Lipinski definition) is 1. The van der Waals surface area contributed by atoms with Gasteiger partial charge in [-0.3, -0.25) is 4.79 Å². The number of allylic oxidation sites excluding steroid dienone is 4. The lowest BCUT2D eigenvalue weighted by Crippen LogP contribution is -2.47. The quantitative estimate of drug-likeness (QED) is 0.587. The highest BCUT2D eigenvalue weighted by atomic mass is 16.1. The van der Waals surface area contributed by atoms with E-state index in [2.05, 4.69) is 26.0 Å². The first-order chi connectivity index (χ1) is 10.6. The summed E-state index contributed by atoms with van der Waals surface area (Å²) in [5.74, 6) is 2.57. The molecule has 0 aromatic rings. The summed E-state index contributed by atoms with van der Waals surface area (Å²) in [4.78, 5) is 11.3. The summed E-state index contributed by atoms with van der Waals surface area (Å²) in [6.45, 7) is 4.99. The molecule has 3 saturated carbocycles. The van der Waals surface area contributed by atoms with Crippen LogP contribution < -0.4 is 0 Å². The van der Waals surface area contributed by atoms with E-state index in [1.54, 1.807) is 5.57 Å². The Morgan fingerprint density at radius 2 is 1.91 bits per heavy atom. The molecular formula is C21H30O. The highest BCUT2D eigenvalue weighted by Gasteiger charge is 2.54. The highest BCUT2D eigenvalue weighted by molar-refractivity contribution is 5.80. The van der Waals surface area contributed by atoms with Crippen LogP contribution in [-0.4, -0.2) is 6.29 Å². The minimum absolute atomic E-state index is 0.186. The fourth-order valence-electron chi connectivity index (χ4n) is 6.62. The number of carbonyl (C=O) groups excluding carboxylic acids is 1. The normalized spacial score (nSPS) is 47.5. The smallest absolute Gasteiger partial charge is 0.149 e. The molecule has 22 heavy (non-hydrogen) atoms. The first-order valence-electron chi connectivity index (χ1n) is 9.47.